The lowest BCUT2D eigenvalue weighted by Crippen LogP contribution is -2.19. The summed E-state index contributed by atoms with van der Waals surface area (Å²) in [7, 11) is 0. The van der Waals surface area contributed by atoms with Crippen LogP contribution in [0, 0.1) is 0 Å². The van der Waals surface area contributed by atoms with Crippen molar-refractivity contribution in [3.05, 3.63) is 54.1 Å². The smallest absolute Gasteiger partial charge is 0.387 e. The van der Waals surface area contributed by atoms with Crippen LogP contribution < -0.4 is 15.4 Å². The van der Waals surface area contributed by atoms with Gasteiger partial charge in [0.2, 0.25) is 0 Å². The van der Waals surface area contributed by atoms with Crippen molar-refractivity contribution in [2.75, 3.05) is 10.6 Å². The molecular weight excluding hydrogens is 330 g/mol. The minimum absolute atomic E-state index is 0.107. The molecule has 0 aliphatic heterocycles. The van der Waals surface area contributed by atoms with Gasteiger partial charge in [-0.05, 0) is 66.5 Å². The second-order valence-corrected chi connectivity index (χ2v) is 5.82. The Kier molecular flexibility index (Phi) is 6.49. The van der Waals surface area contributed by atoms with Crippen molar-refractivity contribution in [1.82, 2.24) is 0 Å². The molecule has 128 valence electrons. The molecule has 1 atom stereocenters. The van der Waals surface area contributed by atoms with E-state index in [0.717, 1.165) is 12.1 Å². The highest BCUT2D eigenvalue weighted by Gasteiger charge is 2.05. The molecule has 0 heterocycles. The zero-order chi connectivity index (χ0) is 17.5. The van der Waals surface area contributed by atoms with Gasteiger partial charge in [0.05, 0.1) is 0 Å². The van der Waals surface area contributed by atoms with Crippen molar-refractivity contribution in [3.63, 3.8) is 0 Å². The summed E-state index contributed by atoms with van der Waals surface area (Å²) in [4.78, 5) is 0. The largest absolute Gasteiger partial charge is 0.435 e. The quantitative estimate of drug-likeness (QED) is 0.663. The lowest BCUT2D eigenvalue weighted by Gasteiger charge is -2.13. The van der Waals surface area contributed by atoms with E-state index in [-0.39, 0.29) is 5.75 Å². The first-order valence-electron chi connectivity index (χ1n) is 7.70. The monoisotopic (exact) mass is 350 g/mol. The van der Waals surface area contributed by atoms with E-state index in [2.05, 4.69) is 41.4 Å². The van der Waals surface area contributed by atoms with Crippen LogP contribution in [0.5, 0.6) is 5.75 Å². The van der Waals surface area contributed by atoms with Crippen molar-refractivity contribution in [2.24, 2.45) is 0 Å². The van der Waals surface area contributed by atoms with E-state index in [1.165, 1.54) is 17.7 Å². The molecule has 0 radical (unpaired) electrons. The average molecular weight is 350 g/mol. The van der Waals surface area contributed by atoms with Crippen LogP contribution in [-0.4, -0.2) is 11.7 Å². The number of benzene rings is 2. The molecule has 0 saturated carbocycles. The Hall–Kier alpha value is -2.21. The van der Waals surface area contributed by atoms with Crippen LogP contribution in [0.15, 0.2) is 48.5 Å². The van der Waals surface area contributed by atoms with Crippen LogP contribution in [0.2, 0.25) is 0 Å². The van der Waals surface area contributed by atoms with E-state index in [9.17, 15) is 8.78 Å². The van der Waals surface area contributed by atoms with Crippen molar-refractivity contribution in [1.29, 1.82) is 0 Å². The zero-order valence-electron chi connectivity index (χ0n) is 13.6. The predicted octanol–water partition coefficient (Wildman–Crippen LogP) is 5.61. The molecule has 2 aromatic rings. The number of rotatable bonds is 6. The van der Waals surface area contributed by atoms with Gasteiger partial charge in [-0.2, -0.15) is 8.78 Å². The molecule has 1 unspecified atom stereocenters. The summed E-state index contributed by atoms with van der Waals surface area (Å²) in [6.07, 6.45) is 1.10. The highest BCUT2D eigenvalue weighted by Crippen LogP contribution is 2.21. The minimum atomic E-state index is -2.83. The number of thiocarbonyl (C=S) groups is 1. The maximum Gasteiger partial charge on any atom is 0.387 e. The summed E-state index contributed by atoms with van der Waals surface area (Å²) < 4.78 is 28.5. The van der Waals surface area contributed by atoms with E-state index in [0.29, 0.717) is 16.7 Å². The van der Waals surface area contributed by atoms with Gasteiger partial charge in [-0.25, -0.2) is 0 Å². The SMILES string of the molecule is CCC(C)c1ccc(NC(=S)Nc2ccc(OC(F)F)cc2)cc1. The summed E-state index contributed by atoms with van der Waals surface area (Å²) in [6, 6.07) is 14.3. The van der Waals surface area contributed by atoms with Gasteiger partial charge in [0.25, 0.3) is 0 Å². The second kappa shape index (κ2) is 8.59. The van der Waals surface area contributed by atoms with Crippen LogP contribution in [-0.2, 0) is 0 Å². The summed E-state index contributed by atoms with van der Waals surface area (Å²) in [5.74, 6) is 0.633. The number of alkyl halides is 2. The molecule has 6 heteroatoms. The van der Waals surface area contributed by atoms with Gasteiger partial charge in [0.1, 0.15) is 5.75 Å². The molecule has 0 aliphatic carbocycles. The van der Waals surface area contributed by atoms with Crippen LogP contribution >= 0.6 is 12.2 Å². The van der Waals surface area contributed by atoms with Crippen molar-refractivity contribution < 1.29 is 13.5 Å². The Morgan fingerprint density at radius 3 is 1.96 bits per heavy atom. The number of nitrogens with one attached hydrogen (secondary N) is 2. The maximum absolute atomic E-state index is 12.1. The first kappa shape index (κ1) is 18.1. The fourth-order valence-corrected chi connectivity index (χ4v) is 2.38. The molecule has 3 nitrogen and oxygen atoms in total. The Morgan fingerprint density at radius 2 is 1.50 bits per heavy atom. The summed E-state index contributed by atoms with van der Waals surface area (Å²) in [5.41, 5.74) is 2.86. The van der Waals surface area contributed by atoms with Gasteiger partial charge >= 0.3 is 6.61 Å². The third-order valence-electron chi connectivity index (χ3n) is 3.69. The molecule has 2 aromatic carbocycles. The fraction of sp³-hybridized carbons (Fsp3) is 0.278. The van der Waals surface area contributed by atoms with Crippen LogP contribution in [0.4, 0.5) is 20.2 Å². The molecule has 2 N–H and O–H groups in total. The van der Waals surface area contributed by atoms with Crippen LogP contribution in [0.3, 0.4) is 0 Å². The Balaban J connectivity index is 1.90. The molecule has 0 aliphatic rings. The molecule has 2 rings (SSSR count). The van der Waals surface area contributed by atoms with Gasteiger partial charge in [0.15, 0.2) is 5.11 Å². The fourth-order valence-electron chi connectivity index (χ4n) is 2.14. The summed E-state index contributed by atoms with van der Waals surface area (Å²) in [6.45, 7) is 1.52. The van der Waals surface area contributed by atoms with Gasteiger partial charge in [-0.15, -0.1) is 0 Å². The molecule has 0 amide bonds. The molecule has 0 bridgehead atoms. The molecular formula is C18H20F2N2OS. The lowest BCUT2D eigenvalue weighted by molar-refractivity contribution is -0.0498. The molecule has 24 heavy (non-hydrogen) atoms. The number of halogens is 2. The third kappa shape index (κ3) is 5.45. The standard InChI is InChI=1S/C18H20F2N2OS/c1-3-12(2)13-4-6-14(7-5-13)21-18(24)22-15-8-10-16(11-9-15)23-17(19)20/h4-12,17H,3H2,1-2H3,(H2,21,22,24). The van der Waals surface area contributed by atoms with Crippen molar-refractivity contribution >= 4 is 28.7 Å². The topological polar surface area (TPSA) is 33.3 Å². The van der Waals surface area contributed by atoms with Crippen LogP contribution in [0.1, 0.15) is 31.7 Å². The minimum Gasteiger partial charge on any atom is -0.435 e. The predicted molar refractivity (Wildman–Crippen MR) is 98.1 cm³/mol. The third-order valence-corrected chi connectivity index (χ3v) is 3.89. The van der Waals surface area contributed by atoms with E-state index in [1.54, 1.807) is 12.1 Å². The molecule has 0 saturated heterocycles. The highest BCUT2D eigenvalue weighted by atomic mass is 32.1. The number of hydrogen-bond donors (Lipinski definition) is 2. The Labute approximate surface area is 146 Å². The average Bonchev–Trinajstić information content (AvgIpc) is 2.56. The van der Waals surface area contributed by atoms with Gasteiger partial charge in [-0.3, -0.25) is 0 Å². The normalized spacial score (nSPS) is 11.9. The van der Waals surface area contributed by atoms with Gasteiger partial charge < -0.3 is 15.4 Å². The number of hydrogen-bond acceptors (Lipinski definition) is 2. The maximum atomic E-state index is 12.1. The Morgan fingerprint density at radius 1 is 1.00 bits per heavy atom. The molecule has 0 aromatic heterocycles. The second-order valence-electron chi connectivity index (χ2n) is 5.41. The van der Waals surface area contributed by atoms with Crippen molar-refractivity contribution in [2.45, 2.75) is 32.8 Å². The van der Waals surface area contributed by atoms with Crippen molar-refractivity contribution in [3.8, 4) is 5.75 Å². The molecule has 0 fully saturated rings. The zero-order valence-corrected chi connectivity index (χ0v) is 14.4. The molecule has 0 spiro atoms. The number of ether oxygens (including phenoxy) is 1. The number of anilines is 2. The first-order valence-corrected chi connectivity index (χ1v) is 8.11. The van der Waals surface area contributed by atoms with Gasteiger partial charge in [0, 0.05) is 11.4 Å². The van der Waals surface area contributed by atoms with Crippen LogP contribution in [0.25, 0.3) is 0 Å². The highest BCUT2D eigenvalue weighted by molar-refractivity contribution is 7.80. The first-order chi connectivity index (χ1) is 11.5. The van der Waals surface area contributed by atoms with Gasteiger partial charge in [-0.1, -0.05) is 26.0 Å². The summed E-state index contributed by atoms with van der Waals surface area (Å²) in [5, 5.41) is 6.51. The van der Waals surface area contributed by atoms with E-state index in [1.807, 2.05) is 12.1 Å². The van der Waals surface area contributed by atoms with E-state index < -0.39 is 6.61 Å². The van der Waals surface area contributed by atoms with E-state index >= 15 is 0 Å². The Bertz CT molecular complexity index is 660. The lowest BCUT2D eigenvalue weighted by atomic mass is 9.99. The summed E-state index contributed by atoms with van der Waals surface area (Å²) >= 11 is 5.25. The van der Waals surface area contributed by atoms with E-state index in [4.69, 9.17) is 12.2 Å².